The van der Waals surface area contributed by atoms with Gasteiger partial charge in [-0.1, -0.05) is 12.1 Å². The minimum absolute atomic E-state index is 0.00986. The van der Waals surface area contributed by atoms with E-state index >= 15 is 0 Å². The zero-order chi connectivity index (χ0) is 15.5. The standard InChI is InChI=1S/C14H13N3O3S/c15-8-10-2-1-3-11(6-10)9-17-21(19,20)12-4-5-14(18)13(16)7-12/h1-7,17-18H,9,16H2. The Labute approximate surface area is 122 Å². The minimum atomic E-state index is -3.74. The van der Waals surface area contributed by atoms with E-state index in [1.54, 1.807) is 24.3 Å². The number of rotatable bonds is 4. The summed E-state index contributed by atoms with van der Waals surface area (Å²) in [6, 6.07) is 12.3. The third kappa shape index (κ3) is 3.51. The number of nitrogens with one attached hydrogen (secondary N) is 1. The molecule has 0 amide bonds. The molecule has 2 rings (SSSR count). The number of hydrogen-bond donors (Lipinski definition) is 3. The van der Waals surface area contributed by atoms with Crippen molar-refractivity contribution < 1.29 is 13.5 Å². The molecule has 7 heteroatoms. The van der Waals surface area contributed by atoms with E-state index in [2.05, 4.69) is 4.72 Å². The van der Waals surface area contributed by atoms with Crippen molar-refractivity contribution in [1.29, 1.82) is 5.26 Å². The summed E-state index contributed by atoms with van der Waals surface area (Å²) in [5, 5.41) is 18.1. The van der Waals surface area contributed by atoms with Crippen molar-refractivity contribution in [3.05, 3.63) is 53.6 Å². The van der Waals surface area contributed by atoms with Crippen LogP contribution < -0.4 is 10.5 Å². The highest BCUT2D eigenvalue weighted by atomic mass is 32.2. The monoisotopic (exact) mass is 303 g/mol. The highest BCUT2D eigenvalue weighted by Gasteiger charge is 2.15. The molecule has 2 aromatic rings. The van der Waals surface area contributed by atoms with E-state index < -0.39 is 10.0 Å². The molecule has 4 N–H and O–H groups in total. The molecule has 0 saturated carbocycles. The van der Waals surface area contributed by atoms with Gasteiger partial charge in [0.1, 0.15) is 5.75 Å². The number of nitriles is 1. The van der Waals surface area contributed by atoms with Crippen molar-refractivity contribution in [2.75, 3.05) is 5.73 Å². The van der Waals surface area contributed by atoms with Crippen LogP contribution in [-0.2, 0) is 16.6 Å². The lowest BCUT2D eigenvalue weighted by atomic mass is 10.1. The maximum absolute atomic E-state index is 12.1. The molecule has 2 aromatic carbocycles. The Morgan fingerprint density at radius 2 is 2.00 bits per heavy atom. The van der Waals surface area contributed by atoms with Crippen LogP contribution in [0.4, 0.5) is 5.69 Å². The predicted octanol–water partition coefficient (Wildman–Crippen LogP) is 1.32. The van der Waals surface area contributed by atoms with E-state index in [0.29, 0.717) is 11.1 Å². The van der Waals surface area contributed by atoms with Gasteiger partial charge in [-0.25, -0.2) is 13.1 Å². The van der Waals surface area contributed by atoms with Gasteiger partial charge in [0.05, 0.1) is 22.2 Å². The van der Waals surface area contributed by atoms with Gasteiger partial charge in [0.2, 0.25) is 10.0 Å². The Morgan fingerprint density at radius 1 is 1.24 bits per heavy atom. The second-order valence-electron chi connectivity index (χ2n) is 4.36. The van der Waals surface area contributed by atoms with Crippen LogP contribution in [-0.4, -0.2) is 13.5 Å². The van der Waals surface area contributed by atoms with Crippen molar-refractivity contribution in [3.8, 4) is 11.8 Å². The lowest BCUT2D eigenvalue weighted by Gasteiger charge is -2.08. The number of nitrogen functional groups attached to an aromatic ring is 1. The smallest absolute Gasteiger partial charge is 0.240 e. The lowest BCUT2D eigenvalue weighted by Crippen LogP contribution is -2.23. The fraction of sp³-hybridized carbons (Fsp3) is 0.0714. The van der Waals surface area contributed by atoms with E-state index in [4.69, 9.17) is 11.0 Å². The summed E-state index contributed by atoms with van der Waals surface area (Å²) in [4.78, 5) is -0.0331. The van der Waals surface area contributed by atoms with E-state index in [-0.39, 0.29) is 22.9 Å². The Balaban J connectivity index is 2.17. The molecule has 0 atom stereocenters. The number of hydrogen-bond acceptors (Lipinski definition) is 5. The number of sulfonamides is 1. The van der Waals surface area contributed by atoms with Gasteiger partial charge in [0, 0.05) is 6.54 Å². The van der Waals surface area contributed by atoms with Gasteiger partial charge in [0.25, 0.3) is 0 Å². The number of nitrogens with two attached hydrogens (primary N) is 1. The predicted molar refractivity (Wildman–Crippen MR) is 77.7 cm³/mol. The van der Waals surface area contributed by atoms with Crippen LogP contribution in [0.15, 0.2) is 47.4 Å². The van der Waals surface area contributed by atoms with E-state index in [1.165, 1.54) is 18.2 Å². The number of nitrogens with zero attached hydrogens (tertiary/aromatic N) is 1. The maximum atomic E-state index is 12.1. The number of benzene rings is 2. The second-order valence-corrected chi connectivity index (χ2v) is 6.12. The summed E-state index contributed by atoms with van der Waals surface area (Å²) in [6.45, 7) is 0.0542. The summed E-state index contributed by atoms with van der Waals surface area (Å²) in [7, 11) is -3.74. The van der Waals surface area contributed by atoms with Gasteiger partial charge in [-0.2, -0.15) is 5.26 Å². The molecule has 0 aliphatic carbocycles. The van der Waals surface area contributed by atoms with Gasteiger partial charge in [0.15, 0.2) is 0 Å². The highest BCUT2D eigenvalue weighted by molar-refractivity contribution is 7.89. The first kappa shape index (κ1) is 14.8. The topological polar surface area (TPSA) is 116 Å². The molecule has 0 bridgehead atoms. The molecular weight excluding hydrogens is 290 g/mol. The van der Waals surface area contributed by atoms with Gasteiger partial charge >= 0.3 is 0 Å². The van der Waals surface area contributed by atoms with Gasteiger partial charge < -0.3 is 10.8 Å². The average Bonchev–Trinajstić information content (AvgIpc) is 2.48. The first-order valence-corrected chi connectivity index (χ1v) is 7.48. The van der Waals surface area contributed by atoms with Crippen LogP contribution in [0.2, 0.25) is 0 Å². The van der Waals surface area contributed by atoms with Crippen molar-refractivity contribution >= 4 is 15.7 Å². The van der Waals surface area contributed by atoms with Crippen molar-refractivity contribution in [3.63, 3.8) is 0 Å². The molecule has 0 aliphatic rings. The molecule has 0 heterocycles. The Kier molecular flexibility index (Phi) is 4.12. The van der Waals surface area contributed by atoms with Crippen molar-refractivity contribution in [1.82, 2.24) is 4.72 Å². The molecule has 21 heavy (non-hydrogen) atoms. The molecule has 0 unspecified atom stereocenters. The van der Waals surface area contributed by atoms with E-state index in [0.717, 1.165) is 0 Å². The number of phenolic OH excluding ortho intramolecular Hbond substituents is 1. The summed E-state index contributed by atoms with van der Waals surface area (Å²) in [5.41, 5.74) is 6.60. The summed E-state index contributed by atoms with van der Waals surface area (Å²) >= 11 is 0. The molecule has 6 nitrogen and oxygen atoms in total. The Hall–Kier alpha value is -2.56. The van der Waals surface area contributed by atoms with E-state index in [1.807, 2.05) is 6.07 Å². The second kappa shape index (κ2) is 5.83. The molecule has 0 aromatic heterocycles. The molecule has 0 fully saturated rings. The highest BCUT2D eigenvalue weighted by Crippen LogP contribution is 2.23. The van der Waals surface area contributed by atoms with Gasteiger partial charge in [-0.3, -0.25) is 0 Å². The van der Waals surface area contributed by atoms with Crippen LogP contribution in [0.5, 0.6) is 5.75 Å². The number of anilines is 1. The third-order valence-electron chi connectivity index (χ3n) is 2.83. The molecule has 0 spiro atoms. The normalized spacial score (nSPS) is 11.0. The molecular formula is C14H13N3O3S. The molecule has 0 aliphatic heterocycles. The third-order valence-corrected chi connectivity index (χ3v) is 4.23. The van der Waals surface area contributed by atoms with Crippen molar-refractivity contribution in [2.24, 2.45) is 0 Å². The fourth-order valence-electron chi connectivity index (χ4n) is 1.71. The van der Waals surface area contributed by atoms with Gasteiger partial charge in [-0.15, -0.1) is 0 Å². The van der Waals surface area contributed by atoms with Crippen LogP contribution in [0.3, 0.4) is 0 Å². The summed E-state index contributed by atoms with van der Waals surface area (Å²) in [6.07, 6.45) is 0. The molecule has 108 valence electrons. The van der Waals surface area contributed by atoms with Crippen LogP contribution >= 0.6 is 0 Å². The zero-order valence-electron chi connectivity index (χ0n) is 10.9. The SMILES string of the molecule is N#Cc1cccc(CNS(=O)(=O)c2ccc(O)c(N)c2)c1. The van der Waals surface area contributed by atoms with Crippen LogP contribution in [0.25, 0.3) is 0 Å². The van der Waals surface area contributed by atoms with E-state index in [9.17, 15) is 13.5 Å². The van der Waals surface area contributed by atoms with Crippen LogP contribution in [0, 0.1) is 11.3 Å². The largest absolute Gasteiger partial charge is 0.506 e. The molecule has 0 radical (unpaired) electrons. The van der Waals surface area contributed by atoms with Gasteiger partial charge in [-0.05, 0) is 35.9 Å². The average molecular weight is 303 g/mol. The zero-order valence-corrected chi connectivity index (χ0v) is 11.8. The summed E-state index contributed by atoms with van der Waals surface area (Å²) < 4.78 is 26.6. The minimum Gasteiger partial charge on any atom is -0.506 e. The molecule has 0 saturated heterocycles. The number of aromatic hydroxyl groups is 1. The summed E-state index contributed by atoms with van der Waals surface area (Å²) in [5.74, 6) is -0.171. The Bertz CT molecular complexity index is 810. The van der Waals surface area contributed by atoms with Crippen molar-refractivity contribution in [2.45, 2.75) is 11.4 Å². The Morgan fingerprint density at radius 3 is 2.67 bits per heavy atom. The van der Waals surface area contributed by atoms with Crippen LogP contribution in [0.1, 0.15) is 11.1 Å². The quantitative estimate of drug-likeness (QED) is 0.582. The first-order chi connectivity index (χ1) is 9.92. The number of phenols is 1. The lowest BCUT2D eigenvalue weighted by molar-refractivity contribution is 0.477. The fourth-order valence-corrected chi connectivity index (χ4v) is 2.76. The first-order valence-electron chi connectivity index (χ1n) is 5.99. The maximum Gasteiger partial charge on any atom is 0.240 e.